The van der Waals surface area contributed by atoms with Crippen molar-refractivity contribution in [3.63, 3.8) is 0 Å². The number of carbonyl (C=O) groups is 2. The van der Waals surface area contributed by atoms with Crippen LogP contribution >= 0.6 is 0 Å². The third-order valence-electron chi connectivity index (χ3n) is 4.61. The number of ether oxygens (including phenoxy) is 1. The molecule has 29 heavy (non-hydrogen) atoms. The molecule has 0 radical (unpaired) electrons. The summed E-state index contributed by atoms with van der Waals surface area (Å²) in [5, 5.41) is 18.1. The molecule has 2 N–H and O–H groups in total. The number of carboxylic acid groups (broad SMARTS) is 2. The van der Waals surface area contributed by atoms with E-state index in [1.165, 1.54) is 25.3 Å². The molecule has 0 saturated carbocycles. The Labute approximate surface area is 167 Å². The van der Waals surface area contributed by atoms with E-state index in [1.54, 1.807) is 30.3 Å². The third-order valence-corrected chi connectivity index (χ3v) is 6.53. The van der Waals surface area contributed by atoms with Crippen LogP contribution in [0.2, 0.25) is 0 Å². The fourth-order valence-corrected chi connectivity index (χ4v) is 5.13. The number of fused-ring (bicyclic) bond motifs is 1. The Morgan fingerprint density at radius 2 is 1.83 bits per heavy atom. The lowest BCUT2D eigenvalue weighted by molar-refractivity contribution is -0.138. The Hall–Kier alpha value is -3.17. The van der Waals surface area contributed by atoms with Gasteiger partial charge >= 0.3 is 11.9 Å². The zero-order valence-electron chi connectivity index (χ0n) is 15.5. The molecule has 0 aliphatic carbocycles. The molecule has 9 heteroatoms. The summed E-state index contributed by atoms with van der Waals surface area (Å²) in [5.74, 6) is -1.65. The van der Waals surface area contributed by atoms with Crippen LogP contribution in [0, 0.1) is 0 Å². The van der Waals surface area contributed by atoms with Gasteiger partial charge in [0.1, 0.15) is 5.75 Å². The predicted octanol–water partition coefficient (Wildman–Crippen LogP) is 2.51. The van der Waals surface area contributed by atoms with Crippen molar-refractivity contribution in [1.82, 2.24) is 4.31 Å². The van der Waals surface area contributed by atoms with E-state index in [1.807, 2.05) is 0 Å². The van der Waals surface area contributed by atoms with Crippen molar-refractivity contribution < 1.29 is 33.0 Å². The Morgan fingerprint density at radius 1 is 1.14 bits per heavy atom. The highest BCUT2D eigenvalue weighted by Gasteiger charge is 2.43. The fourth-order valence-electron chi connectivity index (χ4n) is 3.25. The number of carboxylic acids is 2. The maximum Gasteiger partial charge on any atom is 0.328 e. The topological polar surface area (TPSA) is 121 Å². The minimum atomic E-state index is -3.96. The first-order valence-electron chi connectivity index (χ1n) is 8.64. The number of methoxy groups -OCH3 is 1. The minimum absolute atomic E-state index is 0.000741. The molecule has 1 aliphatic rings. The van der Waals surface area contributed by atoms with Gasteiger partial charge in [-0.15, -0.1) is 0 Å². The van der Waals surface area contributed by atoms with Crippen molar-refractivity contribution in [2.24, 2.45) is 0 Å². The van der Waals surface area contributed by atoms with Crippen LogP contribution in [0.1, 0.15) is 29.2 Å². The van der Waals surface area contributed by atoms with E-state index in [-0.39, 0.29) is 17.9 Å². The van der Waals surface area contributed by atoms with E-state index < -0.39 is 28.0 Å². The molecule has 2 aromatic carbocycles. The van der Waals surface area contributed by atoms with Crippen molar-refractivity contribution >= 4 is 28.0 Å². The van der Waals surface area contributed by atoms with Gasteiger partial charge in [-0.3, -0.25) is 4.79 Å². The van der Waals surface area contributed by atoms with Crippen LogP contribution in [-0.4, -0.2) is 42.0 Å². The van der Waals surface area contributed by atoms with Gasteiger partial charge in [-0.25, -0.2) is 13.2 Å². The molecule has 152 valence electrons. The maximum absolute atomic E-state index is 13.2. The molecule has 0 spiro atoms. The average molecular weight is 417 g/mol. The average Bonchev–Trinajstić information content (AvgIpc) is 2.87. The lowest BCUT2D eigenvalue weighted by atomic mass is 10.0. The summed E-state index contributed by atoms with van der Waals surface area (Å²) in [4.78, 5) is 22.1. The molecular formula is C20H19NO7S. The summed E-state index contributed by atoms with van der Waals surface area (Å²) in [6.07, 6.45) is 1.82. The molecule has 1 heterocycles. The summed E-state index contributed by atoms with van der Waals surface area (Å²) in [7, 11) is -2.44. The molecule has 0 unspecified atom stereocenters. The first kappa shape index (κ1) is 20.6. The van der Waals surface area contributed by atoms with Gasteiger partial charge in [0.25, 0.3) is 0 Å². The van der Waals surface area contributed by atoms with Gasteiger partial charge in [-0.05, 0) is 41.0 Å². The summed E-state index contributed by atoms with van der Waals surface area (Å²) >= 11 is 0. The third kappa shape index (κ3) is 4.30. The van der Waals surface area contributed by atoms with Crippen LogP contribution in [0.15, 0.2) is 53.4 Å². The molecule has 0 fully saturated rings. The zero-order chi connectivity index (χ0) is 21.2. The van der Waals surface area contributed by atoms with Gasteiger partial charge in [0.2, 0.25) is 10.0 Å². The SMILES string of the molecule is COc1ccc(CN2[C@@H](CC(=O)O)c3ccc(/C=C/C(=O)O)cc3S2(=O)=O)cc1. The minimum Gasteiger partial charge on any atom is -0.497 e. The molecule has 2 aromatic rings. The van der Waals surface area contributed by atoms with Gasteiger partial charge < -0.3 is 14.9 Å². The molecule has 0 aromatic heterocycles. The second kappa shape index (κ2) is 8.06. The van der Waals surface area contributed by atoms with E-state index in [9.17, 15) is 23.1 Å². The Morgan fingerprint density at radius 3 is 2.41 bits per heavy atom. The van der Waals surface area contributed by atoms with Gasteiger partial charge in [0.15, 0.2) is 0 Å². The molecule has 1 aliphatic heterocycles. The summed E-state index contributed by atoms with van der Waals surface area (Å²) in [5.41, 5.74) is 1.46. The number of hydrogen-bond donors (Lipinski definition) is 2. The molecule has 3 rings (SSSR count). The number of hydrogen-bond acceptors (Lipinski definition) is 5. The van der Waals surface area contributed by atoms with E-state index in [0.29, 0.717) is 22.4 Å². The smallest absolute Gasteiger partial charge is 0.328 e. The van der Waals surface area contributed by atoms with Crippen LogP contribution in [0.3, 0.4) is 0 Å². The van der Waals surface area contributed by atoms with Crippen molar-refractivity contribution in [3.8, 4) is 5.75 Å². The normalized spacial score (nSPS) is 17.9. The summed E-state index contributed by atoms with van der Waals surface area (Å²) < 4.78 is 32.6. The van der Waals surface area contributed by atoms with Crippen molar-refractivity contribution in [1.29, 1.82) is 0 Å². The molecule has 0 amide bonds. The zero-order valence-corrected chi connectivity index (χ0v) is 16.3. The highest BCUT2D eigenvalue weighted by Crippen LogP contribution is 2.43. The highest BCUT2D eigenvalue weighted by molar-refractivity contribution is 7.89. The fraction of sp³-hybridized carbons (Fsp3) is 0.200. The van der Waals surface area contributed by atoms with Crippen LogP contribution in [0.25, 0.3) is 6.08 Å². The second-order valence-corrected chi connectivity index (χ2v) is 8.34. The highest BCUT2D eigenvalue weighted by atomic mass is 32.2. The molecule has 0 saturated heterocycles. The van der Waals surface area contributed by atoms with Crippen LogP contribution < -0.4 is 4.74 Å². The Balaban J connectivity index is 2.02. The van der Waals surface area contributed by atoms with Crippen molar-refractivity contribution in [2.75, 3.05) is 7.11 Å². The van der Waals surface area contributed by atoms with Crippen LogP contribution in [0.5, 0.6) is 5.75 Å². The van der Waals surface area contributed by atoms with E-state index in [2.05, 4.69) is 0 Å². The number of benzene rings is 2. The predicted molar refractivity (Wildman–Crippen MR) is 104 cm³/mol. The Bertz CT molecular complexity index is 1070. The molecule has 8 nitrogen and oxygen atoms in total. The van der Waals surface area contributed by atoms with Gasteiger partial charge in [0.05, 0.1) is 24.5 Å². The van der Waals surface area contributed by atoms with Crippen LogP contribution in [-0.2, 0) is 26.2 Å². The first-order chi connectivity index (χ1) is 13.7. The lowest BCUT2D eigenvalue weighted by Crippen LogP contribution is -2.29. The molecule has 0 bridgehead atoms. The maximum atomic E-state index is 13.2. The molecule has 1 atom stereocenters. The van der Waals surface area contributed by atoms with E-state index in [4.69, 9.17) is 9.84 Å². The standard InChI is InChI=1S/C20H19NO7S/c1-28-15-6-2-14(3-7-15)12-21-17(11-20(24)25)16-8-4-13(5-9-19(22)23)10-18(16)29(21,26)27/h2-10,17H,11-12H2,1H3,(H,22,23)(H,24,25)/b9-5+/t17-/m0/s1. The number of rotatable bonds is 7. The van der Waals surface area contributed by atoms with Crippen molar-refractivity contribution in [2.45, 2.75) is 23.9 Å². The van der Waals surface area contributed by atoms with E-state index in [0.717, 1.165) is 10.4 Å². The van der Waals surface area contributed by atoms with Crippen LogP contribution in [0.4, 0.5) is 0 Å². The summed E-state index contributed by atoms with van der Waals surface area (Å²) in [6, 6.07) is 10.5. The van der Waals surface area contributed by atoms with Gasteiger partial charge in [0, 0.05) is 12.6 Å². The monoisotopic (exact) mass is 417 g/mol. The van der Waals surface area contributed by atoms with Gasteiger partial charge in [-0.2, -0.15) is 4.31 Å². The number of nitrogens with zero attached hydrogens (tertiary/aromatic N) is 1. The quantitative estimate of drug-likeness (QED) is 0.664. The van der Waals surface area contributed by atoms with Crippen molar-refractivity contribution in [3.05, 3.63) is 65.2 Å². The summed E-state index contributed by atoms with van der Waals surface area (Å²) in [6.45, 7) is -0.000741. The first-order valence-corrected chi connectivity index (χ1v) is 10.1. The molecular weight excluding hydrogens is 398 g/mol. The number of aliphatic carboxylic acids is 2. The number of sulfonamides is 1. The lowest BCUT2D eigenvalue weighted by Gasteiger charge is -2.22. The van der Waals surface area contributed by atoms with E-state index >= 15 is 0 Å². The largest absolute Gasteiger partial charge is 0.497 e. The van der Waals surface area contributed by atoms with Gasteiger partial charge in [-0.1, -0.05) is 24.3 Å². The second-order valence-electron chi connectivity index (χ2n) is 6.48. The Kier molecular flexibility index (Phi) is 5.71.